The van der Waals surface area contributed by atoms with E-state index in [1.54, 1.807) is 38.1 Å². The molecule has 0 aliphatic rings. The van der Waals surface area contributed by atoms with E-state index in [2.05, 4.69) is 11.8 Å². The van der Waals surface area contributed by atoms with Crippen LogP contribution in [0, 0.1) is 17.8 Å². The number of sulfonamides is 1. The molecule has 154 valence electrons. The molecule has 0 aromatic heterocycles. The lowest BCUT2D eigenvalue weighted by Gasteiger charge is -2.29. The summed E-state index contributed by atoms with van der Waals surface area (Å²) in [4.78, 5) is 11.8. The monoisotopic (exact) mass is 435 g/mol. The molecule has 0 saturated heterocycles. The molecule has 2 aromatic carbocycles. The first-order valence-corrected chi connectivity index (χ1v) is 10.6. The van der Waals surface area contributed by atoms with Crippen molar-refractivity contribution in [2.45, 2.75) is 24.8 Å². The first kappa shape index (κ1) is 22.8. The summed E-state index contributed by atoms with van der Waals surface area (Å²) in [6, 6.07) is 11.3. The van der Waals surface area contributed by atoms with Crippen LogP contribution in [0.2, 0.25) is 5.02 Å². The molecule has 0 heterocycles. The predicted molar refractivity (Wildman–Crippen MR) is 111 cm³/mol. The zero-order chi connectivity index (χ0) is 21.6. The highest BCUT2D eigenvalue weighted by Crippen LogP contribution is 2.24. The lowest BCUT2D eigenvalue weighted by atomic mass is 10.1. The molecule has 0 saturated carbocycles. The normalized spacial score (nSPS) is 12.3. The van der Waals surface area contributed by atoms with Gasteiger partial charge < -0.3 is 9.84 Å². The van der Waals surface area contributed by atoms with Crippen molar-refractivity contribution in [2.75, 3.05) is 13.7 Å². The van der Waals surface area contributed by atoms with E-state index in [1.807, 2.05) is 0 Å². The smallest absolute Gasteiger partial charge is 0.322 e. The van der Waals surface area contributed by atoms with Gasteiger partial charge in [0.1, 0.15) is 11.8 Å². The SMILES string of the molecule is COc1ccc(S(=O)(=O)N(CC#Cc2ccc(Cl)cc2)[C@H](C(=O)O)C(C)C)cc1. The third kappa shape index (κ3) is 5.73. The largest absolute Gasteiger partial charge is 0.497 e. The Morgan fingerprint density at radius 2 is 1.72 bits per heavy atom. The summed E-state index contributed by atoms with van der Waals surface area (Å²) < 4.78 is 32.4. The van der Waals surface area contributed by atoms with Crippen LogP contribution in [0.1, 0.15) is 19.4 Å². The number of methoxy groups -OCH3 is 1. The zero-order valence-electron chi connectivity index (χ0n) is 16.3. The van der Waals surface area contributed by atoms with Gasteiger partial charge in [0.15, 0.2) is 0 Å². The molecule has 0 spiro atoms. The standard InChI is InChI=1S/C21H22ClNO5S/c1-15(2)20(21(24)25)23(14-4-5-16-6-8-17(22)9-7-16)29(26,27)19-12-10-18(28-3)11-13-19/h6-13,15,20H,14H2,1-3H3,(H,24,25)/t20-/m0/s1. The van der Waals surface area contributed by atoms with Crippen molar-refractivity contribution in [1.29, 1.82) is 0 Å². The Morgan fingerprint density at radius 3 is 2.21 bits per heavy atom. The molecule has 1 atom stereocenters. The third-order valence-electron chi connectivity index (χ3n) is 4.17. The van der Waals surface area contributed by atoms with Crippen LogP contribution in [0.5, 0.6) is 5.75 Å². The number of aliphatic carboxylic acids is 1. The van der Waals surface area contributed by atoms with Crippen LogP contribution >= 0.6 is 11.6 Å². The van der Waals surface area contributed by atoms with Crippen LogP contribution in [-0.4, -0.2) is 43.5 Å². The minimum Gasteiger partial charge on any atom is -0.497 e. The van der Waals surface area contributed by atoms with Gasteiger partial charge in [0.05, 0.1) is 18.6 Å². The first-order valence-electron chi connectivity index (χ1n) is 8.80. The summed E-state index contributed by atoms with van der Waals surface area (Å²) >= 11 is 5.85. The second-order valence-electron chi connectivity index (χ2n) is 6.56. The molecule has 0 bridgehead atoms. The molecule has 2 rings (SSSR count). The lowest BCUT2D eigenvalue weighted by Crippen LogP contribution is -2.48. The zero-order valence-corrected chi connectivity index (χ0v) is 17.9. The minimum atomic E-state index is -4.10. The molecule has 2 aromatic rings. The second-order valence-corrected chi connectivity index (χ2v) is 8.89. The van der Waals surface area contributed by atoms with Crippen molar-refractivity contribution in [2.24, 2.45) is 5.92 Å². The van der Waals surface area contributed by atoms with Crippen molar-refractivity contribution in [3.8, 4) is 17.6 Å². The number of benzene rings is 2. The van der Waals surface area contributed by atoms with E-state index < -0.39 is 28.0 Å². The van der Waals surface area contributed by atoms with E-state index in [9.17, 15) is 18.3 Å². The lowest BCUT2D eigenvalue weighted by molar-refractivity contribution is -0.142. The van der Waals surface area contributed by atoms with E-state index in [-0.39, 0.29) is 11.4 Å². The predicted octanol–water partition coefficient (Wildman–Crippen LogP) is 3.50. The maximum atomic E-state index is 13.2. The fourth-order valence-electron chi connectivity index (χ4n) is 2.71. The fourth-order valence-corrected chi connectivity index (χ4v) is 4.45. The molecular formula is C21H22ClNO5S. The number of ether oxygens (including phenoxy) is 1. The molecule has 0 fully saturated rings. The van der Waals surface area contributed by atoms with Crippen LogP contribution in [0.3, 0.4) is 0 Å². The molecule has 6 nitrogen and oxygen atoms in total. The number of nitrogens with zero attached hydrogens (tertiary/aromatic N) is 1. The van der Waals surface area contributed by atoms with Gasteiger partial charge in [0.25, 0.3) is 0 Å². The second kappa shape index (κ2) is 9.79. The number of halogens is 1. The van der Waals surface area contributed by atoms with Gasteiger partial charge in [-0.1, -0.05) is 37.3 Å². The molecule has 0 aliphatic carbocycles. The van der Waals surface area contributed by atoms with Gasteiger partial charge >= 0.3 is 5.97 Å². The molecule has 29 heavy (non-hydrogen) atoms. The highest BCUT2D eigenvalue weighted by atomic mass is 35.5. The van der Waals surface area contributed by atoms with Crippen LogP contribution in [0.25, 0.3) is 0 Å². The van der Waals surface area contributed by atoms with E-state index in [1.165, 1.54) is 31.4 Å². The first-order chi connectivity index (χ1) is 13.7. The van der Waals surface area contributed by atoms with Gasteiger partial charge in [0.2, 0.25) is 10.0 Å². The highest BCUT2D eigenvalue weighted by molar-refractivity contribution is 7.89. The number of carbonyl (C=O) groups is 1. The average molecular weight is 436 g/mol. The van der Waals surface area contributed by atoms with Gasteiger partial charge in [-0.15, -0.1) is 0 Å². The summed E-state index contributed by atoms with van der Waals surface area (Å²) in [6.45, 7) is 3.04. The van der Waals surface area contributed by atoms with Gasteiger partial charge in [-0.25, -0.2) is 8.42 Å². The topological polar surface area (TPSA) is 83.9 Å². The Kier molecular flexibility index (Phi) is 7.68. The van der Waals surface area contributed by atoms with Crippen molar-refractivity contribution < 1.29 is 23.1 Å². The summed E-state index contributed by atoms with van der Waals surface area (Å²) in [7, 11) is -2.63. The minimum absolute atomic E-state index is 0.0292. The number of carboxylic acid groups (broad SMARTS) is 1. The van der Waals surface area contributed by atoms with Gasteiger partial charge in [-0.2, -0.15) is 4.31 Å². The molecule has 8 heteroatoms. The van der Waals surface area contributed by atoms with Gasteiger partial charge in [-0.3, -0.25) is 4.79 Å². The Labute approximate surface area is 176 Å². The fraction of sp³-hybridized carbons (Fsp3) is 0.286. The summed E-state index contributed by atoms with van der Waals surface area (Å²) in [5, 5.41) is 10.2. The Morgan fingerprint density at radius 1 is 1.14 bits per heavy atom. The van der Waals surface area contributed by atoms with Gasteiger partial charge in [-0.05, 0) is 54.4 Å². The third-order valence-corrected chi connectivity index (χ3v) is 6.27. The molecule has 0 radical (unpaired) electrons. The van der Waals surface area contributed by atoms with E-state index in [4.69, 9.17) is 16.3 Å². The Bertz CT molecular complexity index is 1010. The van der Waals surface area contributed by atoms with Crippen LogP contribution in [0.4, 0.5) is 0 Å². The summed E-state index contributed by atoms with van der Waals surface area (Å²) in [5.74, 6) is 4.43. The summed E-state index contributed by atoms with van der Waals surface area (Å²) in [5.41, 5.74) is 0.646. The van der Waals surface area contributed by atoms with Crippen molar-refractivity contribution in [3.63, 3.8) is 0 Å². The maximum absolute atomic E-state index is 13.2. The number of hydrogen-bond donors (Lipinski definition) is 1. The van der Waals surface area contributed by atoms with Crippen LogP contribution < -0.4 is 4.74 Å². The quantitative estimate of drug-likeness (QED) is 0.673. The molecule has 0 aliphatic heterocycles. The summed E-state index contributed by atoms with van der Waals surface area (Å²) in [6.07, 6.45) is 0. The van der Waals surface area contributed by atoms with Crippen molar-refractivity contribution >= 4 is 27.6 Å². The van der Waals surface area contributed by atoms with E-state index in [0.29, 0.717) is 16.3 Å². The Balaban J connectivity index is 2.43. The van der Waals surface area contributed by atoms with Crippen LogP contribution in [-0.2, 0) is 14.8 Å². The molecule has 0 unspecified atom stereocenters. The maximum Gasteiger partial charge on any atom is 0.322 e. The average Bonchev–Trinajstić information content (AvgIpc) is 2.68. The van der Waals surface area contributed by atoms with Gasteiger partial charge in [0, 0.05) is 10.6 Å². The van der Waals surface area contributed by atoms with Crippen molar-refractivity contribution in [3.05, 3.63) is 59.1 Å². The molecule has 0 amide bonds. The molecular weight excluding hydrogens is 414 g/mol. The van der Waals surface area contributed by atoms with E-state index in [0.717, 1.165) is 4.31 Å². The van der Waals surface area contributed by atoms with Crippen LogP contribution in [0.15, 0.2) is 53.4 Å². The number of rotatable bonds is 7. The number of hydrogen-bond acceptors (Lipinski definition) is 4. The Hall–Kier alpha value is -2.53. The van der Waals surface area contributed by atoms with Crippen molar-refractivity contribution in [1.82, 2.24) is 4.31 Å². The highest BCUT2D eigenvalue weighted by Gasteiger charge is 2.37. The van der Waals surface area contributed by atoms with E-state index >= 15 is 0 Å². The number of carboxylic acids is 1. The molecule has 1 N–H and O–H groups in total.